The molecule has 3 heteroatoms. The van der Waals surface area contributed by atoms with Crippen LogP contribution in [-0.4, -0.2) is 5.97 Å². The van der Waals surface area contributed by atoms with Crippen molar-refractivity contribution in [3.05, 3.63) is 89.6 Å². The molecule has 24 heavy (non-hydrogen) atoms. The van der Waals surface area contributed by atoms with Crippen molar-refractivity contribution in [2.75, 3.05) is 0 Å². The Balaban J connectivity index is 1.85. The molecule has 0 saturated carbocycles. The summed E-state index contributed by atoms with van der Waals surface area (Å²) in [7, 11) is 1.89. The van der Waals surface area contributed by atoms with Crippen molar-refractivity contribution in [1.82, 2.24) is 0 Å². The first-order valence-electron chi connectivity index (χ1n) is 7.93. The van der Waals surface area contributed by atoms with Crippen LogP contribution in [0.4, 0.5) is 0 Å². The molecule has 3 rings (SSSR count). The van der Waals surface area contributed by atoms with Gasteiger partial charge in [-0.3, -0.25) is 0 Å². The second kappa shape index (κ2) is 7.09. The van der Waals surface area contributed by atoms with Gasteiger partial charge in [0.1, 0.15) is 13.7 Å². The molecule has 0 N–H and O–H groups in total. The summed E-state index contributed by atoms with van der Waals surface area (Å²) in [5.41, 5.74) is 4.78. The van der Waals surface area contributed by atoms with E-state index in [9.17, 15) is 4.79 Å². The Hall–Kier alpha value is -2.94. The van der Waals surface area contributed by atoms with Gasteiger partial charge in [0.15, 0.2) is 0 Å². The fourth-order valence-electron chi connectivity index (χ4n) is 2.72. The molecule has 0 aliphatic carbocycles. The average molecular weight is 318 g/mol. The van der Waals surface area contributed by atoms with E-state index in [0.29, 0.717) is 5.69 Å². The first-order valence-corrected chi connectivity index (χ1v) is 7.93. The summed E-state index contributed by atoms with van der Waals surface area (Å²) in [5.74, 6) is -0.322. The lowest BCUT2D eigenvalue weighted by molar-refractivity contribution is -0.663. The van der Waals surface area contributed by atoms with E-state index in [1.807, 2.05) is 66.2 Å². The van der Waals surface area contributed by atoms with E-state index in [1.165, 1.54) is 5.56 Å². The Morgan fingerprint density at radius 3 is 2.38 bits per heavy atom. The molecule has 0 aliphatic heterocycles. The Morgan fingerprint density at radius 2 is 1.62 bits per heavy atom. The van der Waals surface area contributed by atoms with E-state index in [0.717, 1.165) is 16.8 Å². The summed E-state index contributed by atoms with van der Waals surface area (Å²) in [6, 6.07) is 23.5. The zero-order valence-electron chi connectivity index (χ0n) is 13.9. The highest BCUT2D eigenvalue weighted by atomic mass is 16.5. The average Bonchev–Trinajstić information content (AvgIpc) is 2.61. The number of ether oxygens (including phenoxy) is 1. The number of carbonyl (C=O) groups excluding carboxylic acids is 1. The molecule has 0 unspecified atom stereocenters. The van der Waals surface area contributed by atoms with Crippen molar-refractivity contribution in [3.63, 3.8) is 0 Å². The maximum Gasteiger partial charge on any atom is 0.404 e. The van der Waals surface area contributed by atoms with E-state index in [1.54, 1.807) is 6.07 Å². The third-order valence-electron chi connectivity index (χ3n) is 4.07. The van der Waals surface area contributed by atoms with Crippen LogP contribution in [0.25, 0.3) is 11.3 Å². The smallest absolute Gasteiger partial charge is 0.404 e. The lowest BCUT2D eigenvalue weighted by Crippen LogP contribution is -2.39. The lowest BCUT2D eigenvalue weighted by Gasteiger charge is -2.08. The molecular weight excluding hydrogens is 298 g/mol. The van der Waals surface area contributed by atoms with Crippen LogP contribution in [0.5, 0.6) is 0 Å². The molecular formula is C21H20NO2+. The minimum Gasteiger partial charge on any atom is -0.453 e. The summed E-state index contributed by atoms with van der Waals surface area (Å²) < 4.78 is 7.34. The van der Waals surface area contributed by atoms with Crippen molar-refractivity contribution in [2.45, 2.75) is 13.5 Å². The molecule has 0 saturated heterocycles. The van der Waals surface area contributed by atoms with Gasteiger partial charge in [-0.1, -0.05) is 48.5 Å². The van der Waals surface area contributed by atoms with Gasteiger partial charge in [0.2, 0.25) is 5.69 Å². The molecule has 3 nitrogen and oxygen atoms in total. The van der Waals surface area contributed by atoms with Crippen LogP contribution in [0, 0.1) is 6.92 Å². The highest BCUT2D eigenvalue weighted by Gasteiger charge is 2.22. The molecule has 0 atom stereocenters. The minimum atomic E-state index is -0.322. The molecule has 0 radical (unpaired) electrons. The Kier molecular flexibility index (Phi) is 4.71. The normalized spacial score (nSPS) is 10.4. The van der Waals surface area contributed by atoms with Gasteiger partial charge in [-0.2, -0.15) is 4.57 Å². The highest BCUT2D eigenvalue weighted by Crippen LogP contribution is 2.20. The van der Waals surface area contributed by atoms with Crippen LogP contribution in [-0.2, 0) is 18.4 Å². The molecule has 0 amide bonds. The zero-order valence-corrected chi connectivity index (χ0v) is 13.9. The van der Waals surface area contributed by atoms with Gasteiger partial charge in [-0.25, -0.2) is 4.79 Å². The van der Waals surface area contributed by atoms with Gasteiger partial charge in [0, 0.05) is 17.7 Å². The molecule has 0 fully saturated rings. The molecule has 1 heterocycles. The van der Waals surface area contributed by atoms with Gasteiger partial charge in [-0.15, -0.1) is 0 Å². The number of aromatic nitrogens is 1. The fourth-order valence-corrected chi connectivity index (χ4v) is 2.72. The summed E-state index contributed by atoms with van der Waals surface area (Å²) in [4.78, 5) is 12.5. The second-order valence-electron chi connectivity index (χ2n) is 5.73. The fraction of sp³-hybridized carbons (Fsp3) is 0.143. The Labute approximate surface area is 142 Å². The Morgan fingerprint density at radius 1 is 0.917 bits per heavy atom. The predicted molar refractivity (Wildman–Crippen MR) is 93.4 cm³/mol. The number of carbonyl (C=O) groups is 1. The van der Waals surface area contributed by atoms with E-state index < -0.39 is 0 Å². The third kappa shape index (κ3) is 3.35. The van der Waals surface area contributed by atoms with E-state index >= 15 is 0 Å². The van der Waals surface area contributed by atoms with Gasteiger partial charge < -0.3 is 4.74 Å². The largest absolute Gasteiger partial charge is 0.453 e. The molecule has 1 aromatic heterocycles. The molecule has 2 aromatic carbocycles. The maximum absolute atomic E-state index is 12.5. The molecule has 120 valence electrons. The minimum absolute atomic E-state index is 0.272. The zero-order chi connectivity index (χ0) is 16.9. The van der Waals surface area contributed by atoms with Crippen molar-refractivity contribution < 1.29 is 14.1 Å². The van der Waals surface area contributed by atoms with Crippen molar-refractivity contribution in [3.8, 4) is 11.3 Å². The van der Waals surface area contributed by atoms with E-state index in [2.05, 4.69) is 19.1 Å². The summed E-state index contributed by atoms with van der Waals surface area (Å²) in [6.45, 7) is 2.34. The quantitative estimate of drug-likeness (QED) is 0.540. The van der Waals surface area contributed by atoms with Crippen LogP contribution < -0.4 is 4.57 Å². The number of aryl methyl sites for hydroxylation is 1. The van der Waals surface area contributed by atoms with Gasteiger partial charge in [0.05, 0.1) is 0 Å². The highest BCUT2D eigenvalue weighted by molar-refractivity contribution is 5.86. The monoisotopic (exact) mass is 318 g/mol. The van der Waals surface area contributed by atoms with Crippen molar-refractivity contribution in [2.24, 2.45) is 7.05 Å². The lowest BCUT2D eigenvalue weighted by atomic mass is 10.0. The number of hydrogen-bond acceptors (Lipinski definition) is 2. The molecule has 0 spiro atoms. The number of nitrogens with zero attached hydrogens (tertiary/aromatic N) is 1. The summed E-state index contributed by atoms with van der Waals surface area (Å²) in [5, 5.41) is 0. The standard InChI is InChI=1S/C21H20NO2/c1-16-9-6-7-12-18(16)19-13-8-14-20(22(19)2)21(23)24-15-17-10-4-3-5-11-17/h3-14H,15H2,1-2H3/q+1. The van der Waals surface area contributed by atoms with E-state index in [-0.39, 0.29) is 12.6 Å². The number of esters is 1. The van der Waals surface area contributed by atoms with Crippen LogP contribution in [0.3, 0.4) is 0 Å². The van der Waals surface area contributed by atoms with Crippen molar-refractivity contribution in [1.29, 1.82) is 0 Å². The predicted octanol–water partition coefficient (Wildman–Crippen LogP) is 3.84. The summed E-state index contributed by atoms with van der Waals surface area (Å²) >= 11 is 0. The number of benzene rings is 2. The Bertz CT molecular complexity index is 857. The van der Waals surface area contributed by atoms with Crippen LogP contribution in [0.15, 0.2) is 72.8 Å². The molecule has 3 aromatic rings. The van der Waals surface area contributed by atoms with Crippen LogP contribution >= 0.6 is 0 Å². The summed E-state index contributed by atoms with van der Waals surface area (Å²) in [6.07, 6.45) is 0. The first-order chi connectivity index (χ1) is 11.7. The second-order valence-corrected chi connectivity index (χ2v) is 5.73. The first kappa shape index (κ1) is 15.9. The number of hydrogen-bond donors (Lipinski definition) is 0. The van der Waals surface area contributed by atoms with E-state index in [4.69, 9.17) is 4.74 Å². The molecule has 0 bridgehead atoms. The van der Waals surface area contributed by atoms with Gasteiger partial charge in [-0.05, 0) is 30.2 Å². The number of rotatable bonds is 4. The van der Waals surface area contributed by atoms with Gasteiger partial charge >= 0.3 is 5.97 Å². The maximum atomic E-state index is 12.5. The van der Waals surface area contributed by atoms with Crippen LogP contribution in [0.1, 0.15) is 21.6 Å². The van der Waals surface area contributed by atoms with Gasteiger partial charge in [0.25, 0.3) is 5.69 Å². The third-order valence-corrected chi connectivity index (χ3v) is 4.07. The number of pyridine rings is 1. The van der Waals surface area contributed by atoms with Crippen LogP contribution in [0.2, 0.25) is 0 Å². The SMILES string of the molecule is Cc1ccccc1-c1cccc(C(=O)OCc2ccccc2)[n+]1C. The molecule has 0 aliphatic rings. The topological polar surface area (TPSA) is 30.2 Å². The van der Waals surface area contributed by atoms with Crippen molar-refractivity contribution >= 4 is 5.97 Å².